The fraction of sp³-hybridized carbons (Fsp3) is 1.00. The van der Waals surface area contributed by atoms with Gasteiger partial charge in [-0.1, -0.05) is 0 Å². The normalized spacial score (nSPS) is 56.4. The van der Waals surface area contributed by atoms with Gasteiger partial charge in [-0.05, 0) is 13.8 Å². The fourth-order valence-corrected chi connectivity index (χ4v) is 1.64. The zero-order valence-corrected chi connectivity index (χ0v) is 7.34. The molecule has 0 aromatic heterocycles. The van der Waals surface area contributed by atoms with Crippen molar-refractivity contribution in [2.75, 3.05) is 6.61 Å². The van der Waals surface area contributed by atoms with Crippen LogP contribution in [0, 0.1) is 0 Å². The Morgan fingerprint density at radius 3 is 2.85 bits per heavy atom. The summed E-state index contributed by atoms with van der Waals surface area (Å²) in [6, 6.07) is 0. The molecular weight excluding hydrogens is 176 g/mol. The highest BCUT2D eigenvalue weighted by molar-refractivity contribution is 4.92. The summed E-state index contributed by atoms with van der Waals surface area (Å²) >= 11 is 0. The summed E-state index contributed by atoms with van der Waals surface area (Å²) in [6.45, 7) is 1.31. The highest BCUT2D eigenvalue weighted by Crippen LogP contribution is 2.36. The van der Waals surface area contributed by atoms with Crippen LogP contribution in [-0.4, -0.2) is 47.2 Å². The molecule has 13 heavy (non-hydrogen) atoms. The molecular formula is C8H14O5. The van der Waals surface area contributed by atoms with Gasteiger partial charge in [-0.3, -0.25) is 0 Å². The van der Waals surface area contributed by atoms with Crippen LogP contribution in [0.1, 0.15) is 15.2 Å². The maximum atomic E-state index is 9.64. The van der Waals surface area contributed by atoms with Crippen LogP contribution in [-0.2, 0) is 14.2 Å². The summed E-state index contributed by atoms with van der Waals surface area (Å²) in [7, 11) is 0. The van der Waals surface area contributed by atoms with Gasteiger partial charge in [0.25, 0.3) is 0 Å². The Balaban J connectivity index is 2.05. The van der Waals surface area contributed by atoms with Crippen LogP contribution >= 0.6 is 0 Å². The van der Waals surface area contributed by atoms with Crippen LogP contribution in [0.5, 0.6) is 0 Å². The second kappa shape index (κ2) is 2.90. The first-order chi connectivity index (χ1) is 6.59. The van der Waals surface area contributed by atoms with Gasteiger partial charge in [0.05, 0.1) is 6.61 Å². The van der Waals surface area contributed by atoms with Gasteiger partial charge >= 0.3 is 0 Å². The standard InChI is InChI=1S/C8H14O5/c1-8(2)12-6-5(10)4(3-9)11-7(6)13-8/h4-7,9-10H,3H2,1-2H3/t4-,5+,6-,7?/m1/s1/i1D/t4-,5+,6-,7?,8?. The number of fused-ring (bicyclic) bond motifs is 1. The van der Waals surface area contributed by atoms with Crippen molar-refractivity contribution in [2.45, 2.75) is 44.2 Å². The highest BCUT2D eigenvalue weighted by atomic mass is 16.8. The quantitative estimate of drug-likeness (QED) is 0.569. The third kappa shape index (κ3) is 1.47. The first kappa shape index (κ1) is 8.14. The van der Waals surface area contributed by atoms with E-state index < -0.39 is 30.4 Å². The average molecular weight is 191 g/mol. The van der Waals surface area contributed by atoms with Crippen molar-refractivity contribution in [3.8, 4) is 0 Å². The molecule has 5 nitrogen and oxygen atoms in total. The molecule has 0 bridgehead atoms. The van der Waals surface area contributed by atoms with Gasteiger partial charge in [-0.25, -0.2) is 0 Å². The second-order valence-corrected chi connectivity index (χ2v) is 3.55. The monoisotopic (exact) mass is 191 g/mol. The van der Waals surface area contributed by atoms with Gasteiger partial charge in [0, 0.05) is 1.37 Å². The third-order valence-electron chi connectivity index (χ3n) is 2.23. The minimum absolute atomic E-state index is 0.0557. The van der Waals surface area contributed by atoms with Gasteiger partial charge in [-0.15, -0.1) is 0 Å². The van der Waals surface area contributed by atoms with E-state index in [1.165, 1.54) is 0 Å². The molecule has 2 saturated heterocycles. The van der Waals surface area contributed by atoms with E-state index >= 15 is 0 Å². The molecule has 0 aliphatic carbocycles. The lowest BCUT2D eigenvalue weighted by atomic mass is 10.1. The van der Waals surface area contributed by atoms with E-state index in [4.69, 9.17) is 20.7 Å². The molecule has 5 heteroatoms. The van der Waals surface area contributed by atoms with Gasteiger partial charge in [0.2, 0.25) is 0 Å². The molecule has 76 valence electrons. The lowest BCUT2D eigenvalue weighted by Crippen LogP contribution is -2.36. The number of rotatable bonds is 1. The summed E-state index contributed by atoms with van der Waals surface area (Å²) < 4.78 is 23.1. The van der Waals surface area contributed by atoms with E-state index in [2.05, 4.69) is 0 Å². The van der Waals surface area contributed by atoms with E-state index in [0.29, 0.717) is 0 Å². The lowest BCUT2D eigenvalue weighted by Gasteiger charge is -2.21. The molecule has 0 amide bonds. The Kier molecular flexibility index (Phi) is 1.81. The third-order valence-corrected chi connectivity index (χ3v) is 2.23. The molecule has 2 heterocycles. The van der Waals surface area contributed by atoms with E-state index in [1.54, 1.807) is 6.92 Å². The van der Waals surface area contributed by atoms with Crippen LogP contribution in [0.15, 0.2) is 0 Å². The molecule has 2 unspecified atom stereocenters. The average Bonchev–Trinajstić information content (AvgIpc) is 2.64. The van der Waals surface area contributed by atoms with Crippen LogP contribution in [0.4, 0.5) is 0 Å². The zero-order chi connectivity index (χ0) is 10.3. The Morgan fingerprint density at radius 2 is 2.31 bits per heavy atom. The molecule has 2 aliphatic heterocycles. The Morgan fingerprint density at radius 1 is 1.54 bits per heavy atom. The zero-order valence-electron chi connectivity index (χ0n) is 8.34. The molecule has 2 rings (SSSR count). The predicted octanol–water partition coefficient (Wildman–Crippen LogP) is -0.784. The molecule has 2 fully saturated rings. The van der Waals surface area contributed by atoms with E-state index in [9.17, 15) is 5.11 Å². The van der Waals surface area contributed by atoms with Crippen molar-refractivity contribution in [1.29, 1.82) is 0 Å². The van der Waals surface area contributed by atoms with Crippen molar-refractivity contribution < 1.29 is 25.8 Å². The molecule has 5 atom stereocenters. The topological polar surface area (TPSA) is 68.2 Å². The van der Waals surface area contributed by atoms with E-state index in [-0.39, 0.29) is 13.5 Å². The fourth-order valence-electron chi connectivity index (χ4n) is 1.64. The summed E-state index contributed by atoms with van der Waals surface area (Å²) in [5, 5.41) is 18.5. The molecule has 0 radical (unpaired) electrons. The van der Waals surface area contributed by atoms with E-state index in [1.807, 2.05) is 0 Å². The maximum Gasteiger partial charge on any atom is 0.190 e. The molecule has 0 aromatic carbocycles. The number of ether oxygens (including phenoxy) is 3. The summed E-state index contributed by atoms with van der Waals surface area (Å²) in [4.78, 5) is 0. The smallest absolute Gasteiger partial charge is 0.190 e. The first-order valence-electron chi connectivity index (χ1n) is 4.89. The van der Waals surface area contributed by atoms with Gasteiger partial charge in [-0.2, -0.15) is 0 Å². The van der Waals surface area contributed by atoms with Gasteiger partial charge in [0.15, 0.2) is 12.1 Å². The molecule has 2 N–H and O–H groups in total. The van der Waals surface area contributed by atoms with Crippen LogP contribution in [0.2, 0.25) is 0 Å². The summed E-state index contributed by atoms with van der Waals surface area (Å²) in [5.74, 6) is -1.00. The van der Waals surface area contributed by atoms with Crippen molar-refractivity contribution in [1.82, 2.24) is 0 Å². The van der Waals surface area contributed by atoms with Crippen molar-refractivity contribution >= 4 is 0 Å². The minimum Gasteiger partial charge on any atom is -0.394 e. The maximum absolute atomic E-state index is 9.64. The highest BCUT2D eigenvalue weighted by Gasteiger charge is 2.53. The Labute approximate surface area is 77.6 Å². The molecule has 0 spiro atoms. The number of aliphatic hydroxyl groups is 2. The number of hydrogen-bond donors (Lipinski definition) is 2. The molecule has 0 saturated carbocycles. The Bertz CT molecular complexity index is 226. The summed E-state index contributed by atoms with van der Waals surface area (Å²) in [6.07, 6.45) is -2.81. The molecule has 0 aromatic rings. The number of hydrogen-bond acceptors (Lipinski definition) is 5. The predicted molar refractivity (Wildman–Crippen MR) is 41.8 cm³/mol. The van der Waals surface area contributed by atoms with Crippen LogP contribution < -0.4 is 0 Å². The number of aliphatic hydroxyl groups excluding tert-OH is 2. The van der Waals surface area contributed by atoms with E-state index in [0.717, 1.165) is 0 Å². The largest absolute Gasteiger partial charge is 0.394 e. The van der Waals surface area contributed by atoms with Crippen LogP contribution in [0.25, 0.3) is 0 Å². The van der Waals surface area contributed by atoms with Crippen molar-refractivity contribution in [3.05, 3.63) is 0 Å². The van der Waals surface area contributed by atoms with Crippen molar-refractivity contribution in [3.63, 3.8) is 0 Å². The SMILES string of the molecule is [2H]CC1(C)OC2O[C@H](CO)[C@H](O)[C@H]2O1. The van der Waals surface area contributed by atoms with Crippen LogP contribution in [0.3, 0.4) is 0 Å². The van der Waals surface area contributed by atoms with Gasteiger partial charge < -0.3 is 24.4 Å². The second-order valence-electron chi connectivity index (χ2n) is 3.55. The minimum atomic E-state index is -1.00. The molecule has 2 aliphatic rings. The van der Waals surface area contributed by atoms with Gasteiger partial charge in [0.1, 0.15) is 18.3 Å². The summed E-state index contributed by atoms with van der Waals surface area (Å²) in [5.41, 5.74) is 0. The first-order valence-corrected chi connectivity index (χ1v) is 4.19. The Hall–Kier alpha value is -0.200. The van der Waals surface area contributed by atoms with Crippen molar-refractivity contribution in [2.24, 2.45) is 0 Å². The lowest BCUT2D eigenvalue weighted by molar-refractivity contribution is -0.218.